The number of ether oxygens (including phenoxy) is 2. The standard InChI is InChI=1S/C28H31BO4/c1-2-3-19-30-25-15-13-24(14-16-25)29-31-20-28-27(33-29)18-17-26(32-28)23-11-9-22(10-12-23)21-7-5-4-6-8-21/h4-16,26-28H,2-3,17-20H2,1H3/t26-,27+,28-/m1/s1. The van der Waals surface area contributed by atoms with Crippen molar-refractivity contribution >= 4 is 12.6 Å². The Hall–Kier alpha value is -2.60. The Labute approximate surface area is 197 Å². The first-order chi connectivity index (χ1) is 16.3. The van der Waals surface area contributed by atoms with Crippen molar-refractivity contribution in [1.29, 1.82) is 0 Å². The van der Waals surface area contributed by atoms with Gasteiger partial charge in [-0.05, 0) is 53.5 Å². The SMILES string of the molecule is CCCCOc1ccc(B2OC[C@H]3O[C@@H](c4ccc(-c5ccccc5)cc4)CC[C@@H]3O2)cc1. The minimum Gasteiger partial charge on any atom is -0.494 e. The van der Waals surface area contributed by atoms with Gasteiger partial charge in [-0.1, -0.05) is 80.1 Å². The summed E-state index contributed by atoms with van der Waals surface area (Å²) in [7, 11) is -0.346. The fraction of sp³-hybridized carbons (Fsp3) is 0.357. The molecule has 3 aromatic carbocycles. The van der Waals surface area contributed by atoms with Gasteiger partial charge in [0.2, 0.25) is 0 Å². The van der Waals surface area contributed by atoms with E-state index >= 15 is 0 Å². The number of unbranched alkanes of at least 4 members (excludes halogenated alkanes) is 1. The van der Waals surface area contributed by atoms with Crippen LogP contribution in [-0.2, 0) is 14.0 Å². The highest BCUT2D eigenvalue weighted by molar-refractivity contribution is 6.61. The monoisotopic (exact) mass is 442 g/mol. The van der Waals surface area contributed by atoms with Crippen LogP contribution in [0, 0.1) is 0 Å². The zero-order chi connectivity index (χ0) is 22.5. The van der Waals surface area contributed by atoms with E-state index in [0.29, 0.717) is 6.61 Å². The van der Waals surface area contributed by atoms with Crippen LogP contribution in [0.5, 0.6) is 5.75 Å². The molecular weight excluding hydrogens is 411 g/mol. The highest BCUT2D eigenvalue weighted by Gasteiger charge is 2.41. The summed E-state index contributed by atoms with van der Waals surface area (Å²) < 4.78 is 24.5. The van der Waals surface area contributed by atoms with Crippen LogP contribution in [0.15, 0.2) is 78.9 Å². The molecule has 0 unspecified atom stereocenters. The van der Waals surface area contributed by atoms with Gasteiger partial charge in [-0.15, -0.1) is 0 Å². The lowest BCUT2D eigenvalue weighted by Crippen LogP contribution is -2.54. The van der Waals surface area contributed by atoms with Gasteiger partial charge in [0.15, 0.2) is 0 Å². The first-order valence-electron chi connectivity index (χ1n) is 12.1. The second-order valence-corrected chi connectivity index (χ2v) is 8.84. The van der Waals surface area contributed by atoms with Crippen LogP contribution in [0.1, 0.15) is 44.3 Å². The Bertz CT molecular complexity index is 1010. The van der Waals surface area contributed by atoms with E-state index in [1.54, 1.807) is 0 Å². The summed E-state index contributed by atoms with van der Waals surface area (Å²) in [6.45, 7) is 3.46. The molecule has 0 N–H and O–H groups in total. The third-order valence-corrected chi connectivity index (χ3v) is 6.49. The van der Waals surface area contributed by atoms with Gasteiger partial charge in [-0.3, -0.25) is 0 Å². The topological polar surface area (TPSA) is 36.9 Å². The molecule has 2 aliphatic heterocycles. The lowest BCUT2D eigenvalue weighted by molar-refractivity contribution is -0.150. The molecule has 0 aliphatic carbocycles. The average Bonchev–Trinajstić information content (AvgIpc) is 2.89. The summed E-state index contributed by atoms with van der Waals surface area (Å²) >= 11 is 0. The van der Waals surface area contributed by atoms with Crippen LogP contribution in [-0.4, -0.2) is 32.5 Å². The summed E-state index contributed by atoms with van der Waals surface area (Å²) in [4.78, 5) is 0. The Morgan fingerprint density at radius 3 is 2.36 bits per heavy atom. The largest absolute Gasteiger partial charge is 0.494 e. The molecule has 2 heterocycles. The van der Waals surface area contributed by atoms with E-state index in [1.165, 1.54) is 16.7 Å². The fourth-order valence-corrected chi connectivity index (χ4v) is 4.55. The van der Waals surface area contributed by atoms with Crippen LogP contribution in [0.3, 0.4) is 0 Å². The Kier molecular flexibility index (Phi) is 7.11. The van der Waals surface area contributed by atoms with Crippen molar-refractivity contribution in [3.63, 3.8) is 0 Å². The molecule has 170 valence electrons. The molecule has 2 saturated heterocycles. The molecule has 0 radical (unpaired) electrons. The third-order valence-electron chi connectivity index (χ3n) is 6.49. The summed E-state index contributed by atoms with van der Waals surface area (Å²) in [6.07, 6.45) is 4.22. The van der Waals surface area contributed by atoms with Crippen LogP contribution in [0.4, 0.5) is 0 Å². The number of hydrogen-bond donors (Lipinski definition) is 0. The highest BCUT2D eigenvalue weighted by atomic mass is 16.6. The van der Waals surface area contributed by atoms with E-state index in [0.717, 1.165) is 43.5 Å². The van der Waals surface area contributed by atoms with Crippen molar-refractivity contribution in [3.8, 4) is 16.9 Å². The van der Waals surface area contributed by atoms with E-state index in [1.807, 2.05) is 30.3 Å². The van der Waals surface area contributed by atoms with E-state index in [2.05, 4.69) is 55.5 Å². The smallest absolute Gasteiger partial charge is 0.494 e. The third kappa shape index (κ3) is 5.32. The number of benzene rings is 3. The molecule has 0 amide bonds. The maximum absolute atomic E-state index is 6.41. The quantitative estimate of drug-likeness (QED) is 0.355. The molecule has 4 nitrogen and oxygen atoms in total. The van der Waals surface area contributed by atoms with Gasteiger partial charge < -0.3 is 18.8 Å². The molecule has 0 bridgehead atoms. The van der Waals surface area contributed by atoms with Gasteiger partial charge in [0.25, 0.3) is 0 Å². The zero-order valence-electron chi connectivity index (χ0n) is 19.2. The zero-order valence-corrected chi connectivity index (χ0v) is 19.2. The minimum absolute atomic E-state index is 0.0366. The second-order valence-electron chi connectivity index (χ2n) is 8.84. The van der Waals surface area contributed by atoms with Gasteiger partial charge in [0.1, 0.15) is 11.9 Å². The summed E-state index contributed by atoms with van der Waals surface area (Å²) in [5, 5.41) is 0. The molecule has 3 aromatic rings. The van der Waals surface area contributed by atoms with Gasteiger partial charge in [0, 0.05) is 0 Å². The summed E-state index contributed by atoms with van der Waals surface area (Å²) in [5.41, 5.74) is 4.69. The molecule has 5 rings (SSSR count). The molecule has 0 spiro atoms. The molecule has 0 saturated carbocycles. The average molecular weight is 442 g/mol. The molecule has 3 atom stereocenters. The second kappa shape index (κ2) is 10.6. The lowest BCUT2D eigenvalue weighted by Gasteiger charge is -2.41. The van der Waals surface area contributed by atoms with Crippen LogP contribution < -0.4 is 10.2 Å². The van der Waals surface area contributed by atoms with Gasteiger partial charge in [-0.2, -0.15) is 0 Å². The highest BCUT2D eigenvalue weighted by Crippen LogP contribution is 2.35. The predicted molar refractivity (Wildman–Crippen MR) is 132 cm³/mol. The van der Waals surface area contributed by atoms with Gasteiger partial charge in [-0.25, -0.2) is 0 Å². The Morgan fingerprint density at radius 1 is 0.848 bits per heavy atom. The maximum atomic E-state index is 6.41. The fourth-order valence-electron chi connectivity index (χ4n) is 4.55. The van der Waals surface area contributed by atoms with Crippen LogP contribution >= 0.6 is 0 Å². The number of fused-ring (bicyclic) bond motifs is 1. The lowest BCUT2D eigenvalue weighted by atomic mass is 9.76. The molecule has 33 heavy (non-hydrogen) atoms. The number of rotatable bonds is 7. The number of hydrogen-bond acceptors (Lipinski definition) is 4. The Morgan fingerprint density at radius 2 is 1.61 bits per heavy atom. The molecular formula is C28H31BO4. The molecule has 2 aliphatic rings. The van der Waals surface area contributed by atoms with Crippen molar-refractivity contribution in [1.82, 2.24) is 0 Å². The first kappa shape index (κ1) is 22.2. The maximum Gasteiger partial charge on any atom is 0.494 e. The molecule has 5 heteroatoms. The van der Waals surface area contributed by atoms with Crippen molar-refractivity contribution in [2.24, 2.45) is 0 Å². The minimum atomic E-state index is -0.346. The van der Waals surface area contributed by atoms with E-state index in [9.17, 15) is 0 Å². The predicted octanol–water partition coefficient (Wildman–Crippen LogP) is 5.56. The summed E-state index contributed by atoms with van der Waals surface area (Å²) in [6, 6.07) is 27.2. The van der Waals surface area contributed by atoms with Gasteiger partial charge >= 0.3 is 7.12 Å². The normalized spacial score (nSPS) is 22.6. The van der Waals surface area contributed by atoms with E-state index < -0.39 is 0 Å². The first-order valence-corrected chi connectivity index (χ1v) is 12.1. The van der Waals surface area contributed by atoms with E-state index in [-0.39, 0.29) is 25.4 Å². The van der Waals surface area contributed by atoms with Crippen LogP contribution in [0.2, 0.25) is 0 Å². The van der Waals surface area contributed by atoms with Crippen molar-refractivity contribution in [3.05, 3.63) is 84.4 Å². The van der Waals surface area contributed by atoms with E-state index in [4.69, 9.17) is 18.8 Å². The molecule has 0 aromatic heterocycles. The summed E-state index contributed by atoms with van der Waals surface area (Å²) in [5.74, 6) is 0.892. The van der Waals surface area contributed by atoms with Crippen molar-refractivity contribution in [2.75, 3.05) is 13.2 Å². The van der Waals surface area contributed by atoms with Crippen molar-refractivity contribution < 1.29 is 18.8 Å². The molecule has 2 fully saturated rings. The van der Waals surface area contributed by atoms with Gasteiger partial charge in [0.05, 0.1) is 25.4 Å². The van der Waals surface area contributed by atoms with Crippen LogP contribution in [0.25, 0.3) is 11.1 Å². The Balaban J connectivity index is 1.16. The van der Waals surface area contributed by atoms with Crippen molar-refractivity contribution in [2.45, 2.75) is 50.9 Å².